The first-order valence-corrected chi connectivity index (χ1v) is 5.93. The van der Waals surface area contributed by atoms with E-state index in [1.807, 2.05) is 30.3 Å². The second-order valence-corrected chi connectivity index (χ2v) is 4.13. The predicted octanol–water partition coefficient (Wildman–Crippen LogP) is 2.29. The summed E-state index contributed by atoms with van der Waals surface area (Å²) in [6, 6.07) is 14.1. The summed E-state index contributed by atoms with van der Waals surface area (Å²) < 4.78 is 13.0. The van der Waals surface area contributed by atoms with E-state index in [9.17, 15) is 14.3 Å². The number of hydrogen-bond acceptors (Lipinski definition) is 2. The van der Waals surface area contributed by atoms with E-state index in [-0.39, 0.29) is 12.2 Å². The Bertz CT molecular complexity index is 557. The van der Waals surface area contributed by atoms with Crippen molar-refractivity contribution in [2.24, 2.45) is 0 Å². The number of hydrogen-bond donors (Lipinski definition) is 2. The molecule has 4 heteroatoms. The van der Waals surface area contributed by atoms with Crippen molar-refractivity contribution >= 4 is 5.91 Å². The summed E-state index contributed by atoms with van der Waals surface area (Å²) >= 11 is 0. The third-order valence-electron chi connectivity index (χ3n) is 2.78. The van der Waals surface area contributed by atoms with Crippen molar-refractivity contribution in [3.63, 3.8) is 0 Å². The molecule has 1 amide bonds. The minimum absolute atomic E-state index is 0.217. The van der Waals surface area contributed by atoms with Crippen LogP contribution in [0.2, 0.25) is 0 Å². The maximum Gasteiger partial charge on any atom is 0.251 e. The zero-order valence-electron chi connectivity index (χ0n) is 10.2. The molecule has 0 bridgehead atoms. The lowest BCUT2D eigenvalue weighted by Crippen LogP contribution is -2.30. The Morgan fingerprint density at radius 3 is 2.53 bits per heavy atom. The molecule has 3 nitrogen and oxygen atoms in total. The highest BCUT2D eigenvalue weighted by atomic mass is 19.1. The summed E-state index contributed by atoms with van der Waals surface area (Å²) in [5.41, 5.74) is 1.03. The van der Waals surface area contributed by atoms with E-state index >= 15 is 0 Å². The minimum atomic E-state index is -0.503. The van der Waals surface area contributed by atoms with Crippen LogP contribution in [-0.4, -0.2) is 17.6 Å². The van der Waals surface area contributed by atoms with Crippen molar-refractivity contribution in [3.05, 3.63) is 71.5 Å². The molecule has 0 saturated carbocycles. The average molecular weight is 259 g/mol. The van der Waals surface area contributed by atoms with Crippen LogP contribution in [-0.2, 0) is 0 Å². The molecule has 0 aliphatic carbocycles. The molecular weight excluding hydrogens is 245 g/mol. The number of carbonyl (C=O) groups is 1. The van der Waals surface area contributed by atoms with Gasteiger partial charge in [-0.25, -0.2) is 4.39 Å². The van der Waals surface area contributed by atoms with Crippen LogP contribution >= 0.6 is 0 Å². The van der Waals surface area contributed by atoms with Gasteiger partial charge in [0.25, 0.3) is 5.91 Å². The van der Waals surface area contributed by atoms with Gasteiger partial charge in [-0.15, -0.1) is 0 Å². The van der Waals surface area contributed by atoms with E-state index in [0.29, 0.717) is 0 Å². The SMILES string of the molecule is O=C(NC(CO)c1ccccc1)c1cccc(F)c1. The fourth-order valence-corrected chi connectivity index (χ4v) is 1.79. The third kappa shape index (κ3) is 3.39. The molecule has 98 valence electrons. The largest absolute Gasteiger partial charge is 0.394 e. The van der Waals surface area contributed by atoms with Gasteiger partial charge >= 0.3 is 0 Å². The highest BCUT2D eigenvalue weighted by Gasteiger charge is 2.14. The molecule has 1 unspecified atom stereocenters. The first kappa shape index (κ1) is 13.2. The summed E-state index contributed by atoms with van der Waals surface area (Å²) in [5.74, 6) is -0.879. The molecule has 19 heavy (non-hydrogen) atoms. The molecule has 0 aliphatic heterocycles. The maximum atomic E-state index is 13.0. The standard InChI is InChI=1S/C15H14FNO2/c16-13-8-4-7-12(9-13)15(19)17-14(10-18)11-5-2-1-3-6-11/h1-9,14,18H,10H2,(H,17,19). The summed E-state index contributed by atoms with van der Waals surface area (Å²) in [6.45, 7) is -0.217. The summed E-state index contributed by atoms with van der Waals surface area (Å²) in [7, 11) is 0. The average Bonchev–Trinajstić information content (AvgIpc) is 2.45. The van der Waals surface area contributed by atoms with Crippen LogP contribution < -0.4 is 5.32 Å². The van der Waals surface area contributed by atoms with Crippen LogP contribution in [0.25, 0.3) is 0 Å². The summed E-state index contributed by atoms with van der Waals surface area (Å²) in [6.07, 6.45) is 0. The van der Waals surface area contributed by atoms with E-state index in [0.717, 1.165) is 11.6 Å². The first-order valence-electron chi connectivity index (χ1n) is 5.93. The zero-order chi connectivity index (χ0) is 13.7. The lowest BCUT2D eigenvalue weighted by Gasteiger charge is -2.16. The molecule has 0 spiro atoms. The molecule has 0 radical (unpaired) electrons. The van der Waals surface area contributed by atoms with Gasteiger partial charge in [0.05, 0.1) is 12.6 Å². The number of aliphatic hydroxyl groups excluding tert-OH is 1. The summed E-state index contributed by atoms with van der Waals surface area (Å²) in [4.78, 5) is 12.0. The topological polar surface area (TPSA) is 49.3 Å². The number of rotatable bonds is 4. The fourth-order valence-electron chi connectivity index (χ4n) is 1.79. The quantitative estimate of drug-likeness (QED) is 0.885. The predicted molar refractivity (Wildman–Crippen MR) is 70.1 cm³/mol. The molecule has 2 rings (SSSR count). The highest BCUT2D eigenvalue weighted by molar-refractivity contribution is 5.94. The van der Waals surface area contributed by atoms with Crippen LogP contribution in [0.15, 0.2) is 54.6 Å². The molecule has 0 saturated heterocycles. The second-order valence-electron chi connectivity index (χ2n) is 4.13. The van der Waals surface area contributed by atoms with E-state index < -0.39 is 17.8 Å². The number of nitrogens with one attached hydrogen (secondary N) is 1. The Morgan fingerprint density at radius 1 is 1.16 bits per heavy atom. The van der Waals surface area contributed by atoms with Crippen LogP contribution in [0.5, 0.6) is 0 Å². The molecule has 0 fully saturated rings. The van der Waals surface area contributed by atoms with Crippen LogP contribution in [0, 0.1) is 5.82 Å². The molecule has 2 aromatic carbocycles. The fraction of sp³-hybridized carbons (Fsp3) is 0.133. The van der Waals surface area contributed by atoms with E-state index in [1.165, 1.54) is 18.2 Å². The third-order valence-corrected chi connectivity index (χ3v) is 2.78. The van der Waals surface area contributed by atoms with Crippen molar-refractivity contribution < 1.29 is 14.3 Å². The van der Waals surface area contributed by atoms with Crippen molar-refractivity contribution in [3.8, 4) is 0 Å². The van der Waals surface area contributed by atoms with Gasteiger partial charge in [0, 0.05) is 5.56 Å². The lowest BCUT2D eigenvalue weighted by molar-refractivity contribution is 0.0915. The molecule has 0 aromatic heterocycles. The van der Waals surface area contributed by atoms with Crippen LogP contribution in [0.1, 0.15) is 22.0 Å². The Morgan fingerprint density at radius 2 is 1.89 bits per heavy atom. The summed E-state index contributed by atoms with van der Waals surface area (Å²) in [5, 5.41) is 12.0. The van der Waals surface area contributed by atoms with Crippen LogP contribution in [0.3, 0.4) is 0 Å². The van der Waals surface area contributed by atoms with Gasteiger partial charge in [-0.3, -0.25) is 4.79 Å². The van der Waals surface area contributed by atoms with Crippen molar-refractivity contribution in [1.29, 1.82) is 0 Å². The van der Waals surface area contributed by atoms with Gasteiger partial charge in [-0.05, 0) is 23.8 Å². The Balaban J connectivity index is 2.13. The van der Waals surface area contributed by atoms with Crippen LogP contribution in [0.4, 0.5) is 4.39 Å². The second kappa shape index (κ2) is 6.11. The number of benzene rings is 2. The van der Waals surface area contributed by atoms with E-state index in [2.05, 4.69) is 5.32 Å². The van der Waals surface area contributed by atoms with Gasteiger partial charge < -0.3 is 10.4 Å². The lowest BCUT2D eigenvalue weighted by atomic mass is 10.1. The van der Waals surface area contributed by atoms with Gasteiger partial charge in [0.2, 0.25) is 0 Å². The van der Waals surface area contributed by atoms with Crippen molar-refractivity contribution in [1.82, 2.24) is 5.32 Å². The molecule has 0 heterocycles. The molecule has 2 aromatic rings. The number of carbonyl (C=O) groups excluding carboxylic acids is 1. The molecule has 2 N–H and O–H groups in total. The maximum absolute atomic E-state index is 13.0. The number of amides is 1. The highest BCUT2D eigenvalue weighted by Crippen LogP contribution is 2.13. The number of aliphatic hydroxyl groups is 1. The van der Waals surface area contributed by atoms with E-state index in [1.54, 1.807) is 0 Å². The Hall–Kier alpha value is -2.20. The normalized spacial score (nSPS) is 11.9. The van der Waals surface area contributed by atoms with Gasteiger partial charge in [-0.1, -0.05) is 36.4 Å². The van der Waals surface area contributed by atoms with Crippen molar-refractivity contribution in [2.75, 3.05) is 6.61 Å². The Labute approximate surface area is 110 Å². The number of halogens is 1. The van der Waals surface area contributed by atoms with Gasteiger partial charge in [0.15, 0.2) is 0 Å². The van der Waals surface area contributed by atoms with Gasteiger partial charge in [0.1, 0.15) is 5.82 Å². The van der Waals surface area contributed by atoms with Gasteiger partial charge in [-0.2, -0.15) is 0 Å². The zero-order valence-corrected chi connectivity index (χ0v) is 10.2. The first-order chi connectivity index (χ1) is 9.20. The monoisotopic (exact) mass is 259 g/mol. The Kier molecular flexibility index (Phi) is 4.26. The van der Waals surface area contributed by atoms with E-state index in [4.69, 9.17) is 0 Å². The minimum Gasteiger partial charge on any atom is -0.394 e. The smallest absolute Gasteiger partial charge is 0.251 e. The molecule has 1 atom stereocenters. The molecular formula is C15H14FNO2. The molecule has 0 aliphatic rings. The van der Waals surface area contributed by atoms with Crippen molar-refractivity contribution in [2.45, 2.75) is 6.04 Å².